The zero-order chi connectivity index (χ0) is 15.2. The van der Waals surface area contributed by atoms with Crippen LogP contribution in [-0.2, 0) is 6.54 Å². The molecule has 108 valence electrons. The minimum absolute atomic E-state index is 0.0617. The highest BCUT2D eigenvalue weighted by atomic mass is 35.5. The average Bonchev–Trinajstić information content (AvgIpc) is 2.52. The largest absolute Gasteiger partial charge is 0.409 e. The first-order valence-electron chi connectivity index (χ1n) is 6.07. The molecule has 1 aromatic heterocycles. The van der Waals surface area contributed by atoms with E-state index in [4.69, 9.17) is 22.5 Å². The van der Waals surface area contributed by atoms with E-state index in [1.165, 1.54) is 12.3 Å². The number of hydrogen-bond donors (Lipinski definition) is 3. The predicted octanol–water partition coefficient (Wildman–Crippen LogP) is 1.76. The van der Waals surface area contributed by atoms with Crippen LogP contribution in [0, 0.1) is 0 Å². The fraction of sp³-hybridized carbons (Fsp3) is 0.0714. The van der Waals surface area contributed by atoms with Gasteiger partial charge < -0.3 is 16.3 Å². The van der Waals surface area contributed by atoms with Gasteiger partial charge in [-0.2, -0.15) is 0 Å². The van der Waals surface area contributed by atoms with Crippen molar-refractivity contribution in [2.45, 2.75) is 6.54 Å². The molecule has 2 rings (SSSR count). The van der Waals surface area contributed by atoms with Gasteiger partial charge in [0.15, 0.2) is 5.84 Å². The Labute approximate surface area is 126 Å². The van der Waals surface area contributed by atoms with Gasteiger partial charge in [0.1, 0.15) is 5.69 Å². The number of carbonyl (C=O) groups excluding carboxylic acids is 1. The number of benzene rings is 1. The lowest BCUT2D eigenvalue weighted by atomic mass is 10.2. The fourth-order valence-corrected chi connectivity index (χ4v) is 1.87. The van der Waals surface area contributed by atoms with Crippen molar-refractivity contribution < 1.29 is 10.0 Å². The minimum Gasteiger partial charge on any atom is -0.409 e. The number of aromatic nitrogens is 1. The van der Waals surface area contributed by atoms with Crippen molar-refractivity contribution in [3.8, 4) is 0 Å². The Morgan fingerprint density at radius 3 is 2.81 bits per heavy atom. The Bertz CT molecular complexity index is 671. The van der Waals surface area contributed by atoms with E-state index < -0.39 is 0 Å². The lowest BCUT2D eigenvalue weighted by molar-refractivity contribution is 0.0946. The monoisotopic (exact) mass is 304 g/mol. The summed E-state index contributed by atoms with van der Waals surface area (Å²) in [5.74, 6) is -0.380. The van der Waals surface area contributed by atoms with Crippen LogP contribution in [0.4, 0.5) is 0 Å². The van der Waals surface area contributed by atoms with Crippen molar-refractivity contribution in [3.63, 3.8) is 0 Å². The molecule has 7 heteroatoms. The van der Waals surface area contributed by atoms with Crippen LogP contribution in [0.25, 0.3) is 0 Å². The third kappa shape index (κ3) is 3.93. The maximum Gasteiger partial charge on any atom is 0.270 e. The Balaban J connectivity index is 2.00. The van der Waals surface area contributed by atoms with Crippen molar-refractivity contribution in [1.29, 1.82) is 0 Å². The van der Waals surface area contributed by atoms with E-state index in [1.54, 1.807) is 18.2 Å². The number of pyridine rings is 1. The second-order valence-corrected chi connectivity index (χ2v) is 4.67. The summed E-state index contributed by atoms with van der Waals surface area (Å²) in [5, 5.41) is 14.8. The molecule has 0 aliphatic heterocycles. The van der Waals surface area contributed by atoms with Crippen molar-refractivity contribution in [2.24, 2.45) is 10.9 Å². The first-order chi connectivity index (χ1) is 10.1. The van der Waals surface area contributed by atoms with Gasteiger partial charge in [-0.25, -0.2) is 0 Å². The van der Waals surface area contributed by atoms with Crippen LogP contribution in [0.5, 0.6) is 0 Å². The van der Waals surface area contributed by atoms with Gasteiger partial charge in [0.05, 0.1) is 0 Å². The molecule has 1 aromatic carbocycles. The minimum atomic E-state index is -0.318. The highest BCUT2D eigenvalue weighted by Gasteiger charge is 2.08. The molecule has 0 bridgehead atoms. The van der Waals surface area contributed by atoms with Gasteiger partial charge in [-0.05, 0) is 29.8 Å². The van der Waals surface area contributed by atoms with Gasteiger partial charge in [0, 0.05) is 23.3 Å². The summed E-state index contributed by atoms with van der Waals surface area (Å²) < 4.78 is 0. The Morgan fingerprint density at radius 2 is 2.19 bits per heavy atom. The SMILES string of the molecule is NC(=NO)c1ccc(C(=O)NCc2cccc(Cl)c2)nc1. The summed E-state index contributed by atoms with van der Waals surface area (Å²) in [4.78, 5) is 15.9. The Kier molecular flexibility index (Phi) is 4.73. The maximum atomic E-state index is 11.9. The van der Waals surface area contributed by atoms with Gasteiger partial charge in [-0.15, -0.1) is 0 Å². The van der Waals surface area contributed by atoms with Crippen LogP contribution in [0.2, 0.25) is 5.02 Å². The maximum absolute atomic E-state index is 11.9. The van der Waals surface area contributed by atoms with E-state index in [0.29, 0.717) is 17.1 Å². The van der Waals surface area contributed by atoms with Crippen LogP contribution < -0.4 is 11.1 Å². The zero-order valence-corrected chi connectivity index (χ0v) is 11.7. The molecule has 1 amide bonds. The molecule has 4 N–H and O–H groups in total. The summed E-state index contributed by atoms with van der Waals surface area (Å²) in [6.07, 6.45) is 1.36. The quantitative estimate of drug-likeness (QED) is 0.347. The molecule has 0 unspecified atom stereocenters. The van der Waals surface area contributed by atoms with Crippen molar-refractivity contribution in [3.05, 3.63) is 64.4 Å². The average molecular weight is 305 g/mol. The summed E-state index contributed by atoms with van der Waals surface area (Å²) in [6, 6.07) is 10.3. The van der Waals surface area contributed by atoms with Gasteiger partial charge in [-0.3, -0.25) is 9.78 Å². The van der Waals surface area contributed by atoms with Gasteiger partial charge in [-0.1, -0.05) is 28.9 Å². The van der Waals surface area contributed by atoms with Crippen LogP contribution in [0.15, 0.2) is 47.8 Å². The van der Waals surface area contributed by atoms with Crippen molar-refractivity contribution >= 4 is 23.3 Å². The van der Waals surface area contributed by atoms with Gasteiger partial charge >= 0.3 is 0 Å². The topological polar surface area (TPSA) is 101 Å². The van der Waals surface area contributed by atoms with Crippen molar-refractivity contribution in [1.82, 2.24) is 10.3 Å². The second kappa shape index (κ2) is 6.71. The molecule has 1 heterocycles. The molecule has 0 aliphatic rings. The number of oxime groups is 1. The van der Waals surface area contributed by atoms with Crippen LogP contribution in [0.3, 0.4) is 0 Å². The molecular weight excluding hydrogens is 292 g/mol. The second-order valence-electron chi connectivity index (χ2n) is 4.23. The van der Waals surface area contributed by atoms with Crippen LogP contribution >= 0.6 is 11.6 Å². The molecular formula is C14H13ClN4O2. The molecule has 6 nitrogen and oxygen atoms in total. The number of amidine groups is 1. The normalized spacial score (nSPS) is 11.2. The standard InChI is InChI=1S/C14H13ClN4O2/c15-11-3-1-2-9(6-11)7-18-14(20)12-5-4-10(8-17-12)13(16)19-21/h1-6,8,21H,7H2,(H2,16,19)(H,18,20). The van der Waals surface area contributed by atoms with E-state index in [1.807, 2.05) is 12.1 Å². The fourth-order valence-electron chi connectivity index (χ4n) is 1.66. The molecule has 0 radical (unpaired) electrons. The lowest BCUT2D eigenvalue weighted by Crippen LogP contribution is -2.24. The summed E-state index contributed by atoms with van der Waals surface area (Å²) in [6.45, 7) is 0.350. The Morgan fingerprint density at radius 1 is 1.38 bits per heavy atom. The molecule has 2 aromatic rings. The smallest absolute Gasteiger partial charge is 0.270 e. The Hall–Kier alpha value is -2.60. The first kappa shape index (κ1) is 14.8. The van der Waals surface area contributed by atoms with Crippen molar-refractivity contribution in [2.75, 3.05) is 0 Å². The summed E-state index contributed by atoms with van der Waals surface area (Å²) >= 11 is 5.87. The van der Waals surface area contributed by atoms with E-state index in [-0.39, 0.29) is 17.4 Å². The highest BCUT2D eigenvalue weighted by Crippen LogP contribution is 2.10. The highest BCUT2D eigenvalue weighted by molar-refractivity contribution is 6.30. The number of amides is 1. The molecule has 0 aliphatic carbocycles. The number of carbonyl (C=O) groups is 1. The molecule has 0 saturated carbocycles. The molecule has 0 atom stereocenters. The van der Waals surface area contributed by atoms with E-state index in [9.17, 15) is 4.79 Å². The predicted molar refractivity (Wildman–Crippen MR) is 79.4 cm³/mol. The number of nitrogens with zero attached hydrogens (tertiary/aromatic N) is 2. The lowest BCUT2D eigenvalue weighted by Gasteiger charge is -2.06. The molecule has 0 spiro atoms. The van der Waals surface area contributed by atoms with Gasteiger partial charge in [0.25, 0.3) is 5.91 Å². The van der Waals surface area contributed by atoms with Crippen LogP contribution in [-0.4, -0.2) is 21.9 Å². The number of nitrogens with two attached hydrogens (primary N) is 1. The van der Waals surface area contributed by atoms with Gasteiger partial charge in [0.2, 0.25) is 0 Å². The number of hydrogen-bond acceptors (Lipinski definition) is 4. The van der Waals surface area contributed by atoms with E-state index >= 15 is 0 Å². The number of halogens is 1. The van der Waals surface area contributed by atoms with Crippen LogP contribution in [0.1, 0.15) is 21.6 Å². The third-order valence-corrected chi connectivity index (χ3v) is 2.98. The summed E-state index contributed by atoms with van der Waals surface area (Å²) in [5.41, 5.74) is 6.99. The van der Waals surface area contributed by atoms with E-state index in [2.05, 4.69) is 15.5 Å². The number of nitrogens with one attached hydrogen (secondary N) is 1. The number of rotatable bonds is 4. The van der Waals surface area contributed by atoms with E-state index in [0.717, 1.165) is 5.56 Å². The molecule has 0 fully saturated rings. The molecule has 21 heavy (non-hydrogen) atoms. The zero-order valence-electron chi connectivity index (χ0n) is 11.0. The molecule has 0 saturated heterocycles. The third-order valence-electron chi connectivity index (χ3n) is 2.74. The first-order valence-corrected chi connectivity index (χ1v) is 6.44. The summed E-state index contributed by atoms with van der Waals surface area (Å²) in [7, 11) is 0.